The third-order valence-corrected chi connectivity index (χ3v) is 4.44. The summed E-state index contributed by atoms with van der Waals surface area (Å²) < 4.78 is 6.71. The lowest BCUT2D eigenvalue weighted by Crippen LogP contribution is -2.15. The number of nitrogens with zero attached hydrogens (tertiary/aromatic N) is 2. The second-order valence-electron chi connectivity index (χ2n) is 6.34. The largest absolute Gasteiger partial charge is 0.462 e. The highest BCUT2D eigenvalue weighted by molar-refractivity contribution is 5.92. The minimum Gasteiger partial charge on any atom is -0.462 e. The van der Waals surface area contributed by atoms with Crippen LogP contribution in [0.4, 0.5) is 5.69 Å². The van der Waals surface area contributed by atoms with Crippen molar-refractivity contribution in [1.82, 2.24) is 9.78 Å². The highest BCUT2D eigenvalue weighted by atomic mass is 16.5. The molecule has 3 rings (SSSR count). The number of amides is 1. The van der Waals surface area contributed by atoms with Crippen molar-refractivity contribution in [2.24, 2.45) is 5.92 Å². The zero-order chi connectivity index (χ0) is 18.5. The lowest BCUT2D eigenvalue weighted by molar-refractivity contribution is -0.116. The van der Waals surface area contributed by atoms with Gasteiger partial charge in [-0.1, -0.05) is 18.2 Å². The maximum Gasteiger partial charge on any atom is 0.341 e. The molecule has 1 unspecified atom stereocenters. The molecule has 0 spiro atoms. The Bertz CT molecular complexity index is 839. The summed E-state index contributed by atoms with van der Waals surface area (Å²) in [5.41, 5.74) is 2.62. The van der Waals surface area contributed by atoms with Gasteiger partial charge in [0.2, 0.25) is 5.91 Å². The number of hydrogen-bond acceptors (Lipinski definition) is 4. The van der Waals surface area contributed by atoms with Gasteiger partial charge in [-0.25, -0.2) is 9.48 Å². The summed E-state index contributed by atoms with van der Waals surface area (Å²) in [6, 6.07) is 7.42. The van der Waals surface area contributed by atoms with Crippen LogP contribution in [-0.2, 0) is 9.53 Å². The first kappa shape index (κ1) is 17.9. The van der Waals surface area contributed by atoms with E-state index in [1.165, 1.54) is 6.20 Å². The van der Waals surface area contributed by atoms with Gasteiger partial charge in [-0.3, -0.25) is 4.79 Å². The molecule has 1 aliphatic carbocycles. The van der Waals surface area contributed by atoms with Crippen molar-refractivity contribution in [2.75, 3.05) is 11.9 Å². The number of aromatic nitrogens is 2. The van der Waals surface area contributed by atoms with Crippen molar-refractivity contribution in [2.45, 2.75) is 33.1 Å². The first-order valence-corrected chi connectivity index (χ1v) is 8.87. The Balaban J connectivity index is 1.74. The average Bonchev–Trinajstić information content (AvgIpc) is 3.24. The summed E-state index contributed by atoms with van der Waals surface area (Å²) in [5, 5.41) is 7.23. The summed E-state index contributed by atoms with van der Waals surface area (Å²) in [6.07, 6.45) is 8.32. The van der Waals surface area contributed by atoms with Crippen LogP contribution in [0.25, 0.3) is 5.69 Å². The molecule has 1 N–H and O–H groups in total. The molecule has 6 heteroatoms. The highest BCUT2D eigenvalue weighted by Crippen LogP contribution is 2.22. The van der Waals surface area contributed by atoms with Gasteiger partial charge in [0.05, 0.1) is 24.2 Å². The van der Waals surface area contributed by atoms with E-state index in [1.54, 1.807) is 11.6 Å². The quantitative estimate of drug-likeness (QED) is 0.635. The zero-order valence-corrected chi connectivity index (χ0v) is 15.1. The van der Waals surface area contributed by atoms with Gasteiger partial charge in [0, 0.05) is 12.1 Å². The third-order valence-electron chi connectivity index (χ3n) is 4.44. The van der Waals surface area contributed by atoms with Crippen molar-refractivity contribution in [3.05, 3.63) is 53.9 Å². The number of allylic oxidation sites excluding steroid dienone is 2. The molecule has 6 nitrogen and oxygen atoms in total. The van der Waals surface area contributed by atoms with Crippen LogP contribution < -0.4 is 5.32 Å². The van der Waals surface area contributed by atoms with E-state index < -0.39 is 0 Å². The lowest BCUT2D eigenvalue weighted by atomic mass is 10.1. The highest BCUT2D eigenvalue weighted by Gasteiger charge is 2.17. The third kappa shape index (κ3) is 4.02. The molecule has 0 bridgehead atoms. The van der Waals surface area contributed by atoms with E-state index in [-0.39, 0.29) is 11.9 Å². The van der Waals surface area contributed by atoms with Crippen molar-refractivity contribution >= 4 is 17.6 Å². The number of rotatable bonds is 6. The van der Waals surface area contributed by atoms with Crippen molar-refractivity contribution in [3.63, 3.8) is 0 Å². The summed E-state index contributed by atoms with van der Waals surface area (Å²) >= 11 is 0. The van der Waals surface area contributed by atoms with E-state index in [2.05, 4.69) is 22.6 Å². The van der Waals surface area contributed by atoms with Gasteiger partial charge in [0.1, 0.15) is 5.56 Å². The van der Waals surface area contributed by atoms with Crippen LogP contribution in [0.1, 0.15) is 42.2 Å². The van der Waals surface area contributed by atoms with Crippen molar-refractivity contribution < 1.29 is 14.3 Å². The molecule has 1 aromatic heterocycles. The Morgan fingerprint density at radius 2 is 2.23 bits per heavy atom. The van der Waals surface area contributed by atoms with Gasteiger partial charge in [-0.2, -0.15) is 5.10 Å². The van der Waals surface area contributed by atoms with Crippen molar-refractivity contribution in [1.29, 1.82) is 0 Å². The summed E-state index contributed by atoms with van der Waals surface area (Å²) in [7, 11) is 0. The number of anilines is 1. The number of benzene rings is 1. The van der Waals surface area contributed by atoms with E-state index in [4.69, 9.17) is 4.74 Å². The molecule has 26 heavy (non-hydrogen) atoms. The number of esters is 1. The van der Waals surface area contributed by atoms with Crippen LogP contribution in [-0.4, -0.2) is 28.3 Å². The first-order chi connectivity index (χ1) is 12.6. The van der Waals surface area contributed by atoms with Gasteiger partial charge in [-0.05, 0) is 50.8 Å². The first-order valence-electron chi connectivity index (χ1n) is 8.87. The molecule has 0 saturated heterocycles. The Morgan fingerprint density at radius 1 is 1.38 bits per heavy atom. The van der Waals surface area contributed by atoms with Gasteiger partial charge in [0.25, 0.3) is 0 Å². The van der Waals surface area contributed by atoms with Crippen LogP contribution in [0.15, 0.2) is 42.6 Å². The lowest BCUT2D eigenvalue weighted by Gasteiger charge is -2.11. The Hall–Kier alpha value is -2.89. The smallest absolute Gasteiger partial charge is 0.341 e. The Labute approximate surface area is 152 Å². The van der Waals surface area contributed by atoms with Crippen LogP contribution in [0.5, 0.6) is 0 Å². The molecule has 1 amide bonds. The molecule has 1 heterocycles. The predicted molar refractivity (Wildman–Crippen MR) is 99.4 cm³/mol. The molecule has 1 aromatic carbocycles. The molecular formula is C20H23N3O3. The second kappa shape index (κ2) is 7.99. The number of nitrogens with one attached hydrogen (secondary N) is 1. The average molecular weight is 353 g/mol. The monoisotopic (exact) mass is 353 g/mol. The van der Waals surface area contributed by atoms with Gasteiger partial charge < -0.3 is 10.1 Å². The standard InChI is InChI=1S/C20H23N3O3/c1-3-26-20(25)18-13-21-23(14(18)2)17-10-6-9-16(12-17)22-19(24)11-15-7-4-5-8-15/h4,6-7,9-10,12-13,15H,3,5,8,11H2,1-2H3,(H,22,24). The van der Waals surface area contributed by atoms with E-state index in [9.17, 15) is 9.59 Å². The van der Waals surface area contributed by atoms with E-state index >= 15 is 0 Å². The van der Waals surface area contributed by atoms with Crippen LogP contribution >= 0.6 is 0 Å². The molecule has 2 aromatic rings. The molecule has 1 atom stereocenters. The molecule has 0 aliphatic heterocycles. The summed E-state index contributed by atoms with van der Waals surface area (Å²) in [4.78, 5) is 24.2. The summed E-state index contributed by atoms with van der Waals surface area (Å²) in [5.74, 6) is -0.0490. The zero-order valence-electron chi connectivity index (χ0n) is 15.1. The predicted octanol–water partition coefficient (Wildman–Crippen LogP) is 3.65. The van der Waals surface area contributed by atoms with Crippen LogP contribution in [0.2, 0.25) is 0 Å². The molecule has 0 fully saturated rings. The SMILES string of the molecule is CCOC(=O)c1cnn(-c2cccc(NC(=O)CC3C=CCC3)c2)c1C. The maximum absolute atomic E-state index is 12.2. The minimum atomic E-state index is -0.384. The number of carbonyl (C=O) groups is 2. The van der Waals surface area contributed by atoms with Gasteiger partial charge >= 0.3 is 5.97 Å². The van der Waals surface area contributed by atoms with Crippen molar-refractivity contribution in [3.8, 4) is 5.69 Å². The molecule has 0 saturated carbocycles. The molecule has 0 radical (unpaired) electrons. The Morgan fingerprint density at radius 3 is 2.96 bits per heavy atom. The number of carbonyl (C=O) groups excluding carboxylic acids is 2. The number of hydrogen-bond donors (Lipinski definition) is 1. The molecule has 136 valence electrons. The number of ether oxygens (including phenoxy) is 1. The second-order valence-corrected chi connectivity index (χ2v) is 6.34. The normalized spacial score (nSPS) is 15.8. The topological polar surface area (TPSA) is 73.2 Å². The van der Waals surface area contributed by atoms with Crippen LogP contribution in [0, 0.1) is 12.8 Å². The fourth-order valence-electron chi connectivity index (χ4n) is 3.11. The summed E-state index contributed by atoms with van der Waals surface area (Å²) in [6.45, 7) is 3.91. The van der Waals surface area contributed by atoms with Gasteiger partial charge in [0.15, 0.2) is 0 Å². The van der Waals surface area contributed by atoms with E-state index in [0.717, 1.165) is 18.5 Å². The van der Waals surface area contributed by atoms with E-state index in [0.29, 0.717) is 35.9 Å². The fraction of sp³-hybridized carbons (Fsp3) is 0.350. The molecule has 1 aliphatic rings. The van der Waals surface area contributed by atoms with Crippen LogP contribution in [0.3, 0.4) is 0 Å². The maximum atomic E-state index is 12.2. The van der Waals surface area contributed by atoms with Gasteiger partial charge in [-0.15, -0.1) is 0 Å². The Kier molecular flexibility index (Phi) is 5.51. The minimum absolute atomic E-state index is 0.00287. The van der Waals surface area contributed by atoms with E-state index in [1.807, 2.05) is 31.2 Å². The molecular weight excluding hydrogens is 330 g/mol. The fourth-order valence-corrected chi connectivity index (χ4v) is 3.11.